The molecule has 0 heterocycles. The van der Waals surface area contributed by atoms with Gasteiger partial charge in [-0.15, -0.1) is 0 Å². The van der Waals surface area contributed by atoms with Gasteiger partial charge in [0.05, 0.1) is 3.92 Å². The first-order chi connectivity index (χ1) is 8.56. The van der Waals surface area contributed by atoms with E-state index in [1.807, 2.05) is 45.2 Å². The van der Waals surface area contributed by atoms with Gasteiger partial charge in [-0.1, -0.05) is 22.6 Å². The van der Waals surface area contributed by atoms with E-state index < -0.39 is 15.4 Å². The average Bonchev–Trinajstić information content (AvgIpc) is 2.24. The van der Waals surface area contributed by atoms with E-state index in [9.17, 15) is 19.5 Å². The summed E-state index contributed by atoms with van der Waals surface area (Å²) in [5, 5.41) is 9.41. The third-order valence-electron chi connectivity index (χ3n) is 2.78. The largest absolute Gasteiger partial charge is 0.480 e. The molecule has 2 atom stereocenters. The number of allylic oxidation sites excluding steroid dienone is 2. The van der Waals surface area contributed by atoms with E-state index in [2.05, 4.69) is 0 Å². The van der Waals surface area contributed by atoms with E-state index in [0.717, 1.165) is 0 Å². The molecule has 0 aromatic carbocycles. The number of halogens is 3. The molecule has 2 unspecified atom stereocenters. The lowest BCUT2D eigenvalue weighted by Crippen LogP contribution is -2.58. The van der Waals surface area contributed by atoms with Crippen molar-refractivity contribution < 1.29 is 19.5 Å². The zero-order valence-electron chi connectivity index (χ0n) is 9.96. The summed E-state index contributed by atoms with van der Waals surface area (Å²) in [6.07, 6.45) is 0. The number of rotatable bonds is 3. The van der Waals surface area contributed by atoms with E-state index in [1.54, 1.807) is 22.6 Å². The van der Waals surface area contributed by atoms with Crippen LogP contribution < -0.4 is 5.73 Å². The fourth-order valence-electron chi connectivity index (χ4n) is 1.73. The summed E-state index contributed by atoms with van der Waals surface area (Å²) in [6, 6.07) is 0. The molecule has 0 aromatic rings. The molecule has 0 radical (unpaired) electrons. The average molecular weight is 601 g/mol. The van der Waals surface area contributed by atoms with E-state index in [1.165, 1.54) is 13.8 Å². The molecule has 0 saturated carbocycles. The van der Waals surface area contributed by atoms with Gasteiger partial charge in [0.25, 0.3) is 0 Å². The Morgan fingerprint density at radius 1 is 1.21 bits per heavy atom. The van der Waals surface area contributed by atoms with Crippen LogP contribution in [0.4, 0.5) is 0 Å². The van der Waals surface area contributed by atoms with E-state index in [0.29, 0.717) is 3.58 Å². The van der Waals surface area contributed by atoms with Crippen LogP contribution in [0.15, 0.2) is 18.3 Å². The Morgan fingerprint density at radius 3 is 2.00 bits per heavy atom. The molecule has 8 heteroatoms. The number of Topliss-reactive ketones (excluding diaryl/α,β-unsaturated/α-hetero) is 2. The third kappa shape index (κ3) is 2.77. The molecule has 0 aromatic heterocycles. The molecule has 0 amide bonds. The van der Waals surface area contributed by atoms with Crippen molar-refractivity contribution in [2.45, 2.75) is 23.3 Å². The van der Waals surface area contributed by atoms with Gasteiger partial charge in [0.15, 0.2) is 17.1 Å². The van der Waals surface area contributed by atoms with Crippen LogP contribution in [0.2, 0.25) is 0 Å². The van der Waals surface area contributed by atoms with Gasteiger partial charge in [-0.2, -0.15) is 0 Å². The molecule has 1 rings (SSSR count). The quantitative estimate of drug-likeness (QED) is 0.382. The van der Waals surface area contributed by atoms with Crippen molar-refractivity contribution in [3.63, 3.8) is 0 Å². The summed E-state index contributed by atoms with van der Waals surface area (Å²) in [5.74, 6) is -1.83. The fraction of sp³-hybridized carbons (Fsp3) is 0.364. The SMILES string of the molecule is CC(=O)C1=C(I)C(N)(C(=O)O)C(I)C(C(C)=O)=C1I. The fourth-order valence-corrected chi connectivity index (χ4v) is 7.30. The standard InChI is InChI=1S/C11H10I3NO4/c1-3(16)5-7(12)6(4(2)17)9(14)11(15,8(5)13)10(18)19/h8H,15H2,1-2H3,(H,18,19). The summed E-state index contributed by atoms with van der Waals surface area (Å²) in [7, 11) is 0. The Balaban J connectivity index is 3.76. The Labute approximate surface area is 150 Å². The van der Waals surface area contributed by atoms with Crippen LogP contribution >= 0.6 is 67.8 Å². The van der Waals surface area contributed by atoms with Crippen molar-refractivity contribution >= 4 is 85.3 Å². The normalized spacial score (nSPS) is 27.6. The summed E-state index contributed by atoms with van der Waals surface area (Å²) in [5.41, 5.74) is 4.76. The lowest BCUT2D eigenvalue weighted by atomic mass is 9.82. The second-order valence-corrected chi connectivity index (χ2v) is 7.47. The summed E-state index contributed by atoms with van der Waals surface area (Å²) >= 11 is 5.55. The molecule has 0 aliphatic heterocycles. The van der Waals surface area contributed by atoms with Crippen molar-refractivity contribution in [1.29, 1.82) is 0 Å². The van der Waals surface area contributed by atoms with Crippen LogP contribution in [-0.4, -0.2) is 32.1 Å². The van der Waals surface area contributed by atoms with Crippen LogP contribution in [0.5, 0.6) is 0 Å². The van der Waals surface area contributed by atoms with Crippen LogP contribution in [0.1, 0.15) is 13.8 Å². The number of aliphatic carboxylic acids is 1. The van der Waals surface area contributed by atoms with Crippen molar-refractivity contribution in [2.24, 2.45) is 5.73 Å². The van der Waals surface area contributed by atoms with Gasteiger partial charge in [0, 0.05) is 18.3 Å². The number of carbonyl (C=O) groups is 3. The van der Waals surface area contributed by atoms with E-state index in [-0.39, 0.29) is 26.3 Å². The highest BCUT2D eigenvalue weighted by Crippen LogP contribution is 2.46. The zero-order chi connectivity index (χ0) is 15.1. The number of carboxylic acid groups (broad SMARTS) is 1. The Hall–Kier alpha value is 0.440. The molecule has 3 N–H and O–H groups in total. The highest BCUT2D eigenvalue weighted by molar-refractivity contribution is 14.1. The Bertz CT molecular complexity index is 552. The van der Waals surface area contributed by atoms with Crippen molar-refractivity contribution in [3.8, 4) is 0 Å². The maximum Gasteiger partial charge on any atom is 0.330 e. The van der Waals surface area contributed by atoms with Gasteiger partial charge in [-0.05, 0) is 59.0 Å². The number of hydrogen-bond donors (Lipinski definition) is 2. The Kier molecular flexibility index (Phi) is 5.57. The number of carbonyl (C=O) groups excluding carboxylic acids is 2. The first-order valence-electron chi connectivity index (χ1n) is 5.05. The van der Waals surface area contributed by atoms with Crippen LogP contribution in [0.25, 0.3) is 0 Å². The van der Waals surface area contributed by atoms with Crippen LogP contribution in [0, 0.1) is 0 Å². The van der Waals surface area contributed by atoms with Gasteiger partial charge in [-0.3, -0.25) is 9.59 Å². The number of hydrogen-bond acceptors (Lipinski definition) is 4. The number of nitrogens with two attached hydrogens (primary N) is 1. The molecule has 0 spiro atoms. The molecule has 0 fully saturated rings. The van der Waals surface area contributed by atoms with Crippen molar-refractivity contribution in [2.75, 3.05) is 0 Å². The second-order valence-electron chi connectivity index (χ2n) is 4.07. The van der Waals surface area contributed by atoms with Gasteiger partial charge in [0.1, 0.15) is 0 Å². The minimum atomic E-state index is -1.75. The number of carboxylic acids is 1. The first kappa shape index (κ1) is 17.5. The van der Waals surface area contributed by atoms with Crippen molar-refractivity contribution in [3.05, 3.63) is 18.3 Å². The molecule has 1 aliphatic carbocycles. The molecule has 0 saturated heterocycles. The van der Waals surface area contributed by atoms with Gasteiger partial charge in [0.2, 0.25) is 0 Å². The van der Waals surface area contributed by atoms with Gasteiger partial charge < -0.3 is 10.8 Å². The summed E-state index contributed by atoms with van der Waals surface area (Å²) in [4.78, 5) is 35.0. The Morgan fingerprint density at radius 2 is 1.68 bits per heavy atom. The zero-order valence-corrected chi connectivity index (χ0v) is 16.4. The molecule has 19 heavy (non-hydrogen) atoms. The maximum absolute atomic E-state index is 11.8. The van der Waals surface area contributed by atoms with Crippen LogP contribution in [0.3, 0.4) is 0 Å². The molecular formula is C11H10I3NO4. The smallest absolute Gasteiger partial charge is 0.330 e. The molecule has 104 valence electrons. The number of alkyl halides is 1. The monoisotopic (exact) mass is 601 g/mol. The molecule has 1 aliphatic rings. The van der Waals surface area contributed by atoms with E-state index >= 15 is 0 Å². The predicted molar refractivity (Wildman–Crippen MR) is 95.8 cm³/mol. The molecule has 5 nitrogen and oxygen atoms in total. The second kappa shape index (κ2) is 6.05. The first-order valence-corrected chi connectivity index (χ1v) is 8.45. The van der Waals surface area contributed by atoms with Gasteiger partial charge >= 0.3 is 5.97 Å². The third-order valence-corrected chi connectivity index (χ3v) is 6.93. The minimum Gasteiger partial charge on any atom is -0.480 e. The highest BCUT2D eigenvalue weighted by atomic mass is 127. The lowest BCUT2D eigenvalue weighted by Gasteiger charge is -2.36. The number of ketones is 2. The van der Waals surface area contributed by atoms with Gasteiger partial charge in [-0.25, -0.2) is 4.79 Å². The summed E-state index contributed by atoms with van der Waals surface area (Å²) in [6.45, 7) is 2.68. The highest BCUT2D eigenvalue weighted by Gasteiger charge is 2.51. The molecular weight excluding hydrogens is 591 g/mol. The van der Waals surface area contributed by atoms with Crippen molar-refractivity contribution in [1.82, 2.24) is 0 Å². The predicted octanol–water partition coefficient (Wildman–Crippen LogP) is 2.14. The summed E-state index contributed by atoms with van der Waals surface area (Å²) < 4.78 is 0.0321. The minimum absolute atomic E-state index is 0.226. The molecule has 0 bridgehead atoms. The lowest BCUT2D eigenvalue weighted by molar-refractivity contribution is -0.141. The van der Waals surface area contributed by atoms with Crippen LogP contribution in [-0.2, 0) is 14.4 Å². The topological polar surface area (TPSA) is 97.5 Å². The van der Waals surface area contributed by atoms with E-state index in [4.69, 9.17) is 5.73 Å². The maximum atomic E-state index is 11.8.